The highest BCUT2D eigenvalue weighted by Crippen LogP contribution is 2.14. The van der Waals surface area contributed by atoms with Crippen molar-refractivity contribution in [1.82, 2.24) is 15.1 Å². The van der Waals surface area contributed by atoms with Gasteiger partial charge >= 0.3 is 0 Å². The van der Waals surface area contributed by atoms with Crippen molar-refractivity contribution in [1.29, 1.82) is 0 Å². The third-order valence-electron chi connectivity index (χ3n) is 4.16. The fourth-order valence-corrected chi connectivity index (χ4v) is 3.50. The van der Waals surface area contributed by atoms with E-state index in [0.29, 0.717) is 41.6 Å². The summed E-state index contributed by atoms with van der Waals surface area (Å²) >= 11 is 7.21. The van der Waals surface area contributed by atoms with Crippen molar-refractivity contribution in [2.75, 3.05) is 32.7 Å². The molecule has 0 unspecified atom stereocenters. The molecule has 136 valence electrons. The third-order valence-corrected chi connectivity index (χ3v) is 5.27. The van der Waals surface area contributed by atoms with Gasteiger partial charge in [0.25, 0.3) is 11.8 Å². The normalized spacial score (nSPS) is 14.2. The first-order chi connectivity index (χ1) is 12.5. The van der Waals surface area contributed by atoms with Gasteiger partial charge in [0, 0.05) is 36.8 Å². The second kappa shape index (κ2) is 8.33. The summed E-state index contributed by atoms with van der Waals surface area (Å²) in [5, 5.41) is 5.04. The van der Waals surface area contributed by atoms with Crippen LogP contribution >= 0.6 is 22.9 Å². The summed E-state index contributed by atoms with van der Waals surface area (Å²) in [6, 6.07) is 10.1. The van der Waals surface area contributed by atoms with Crippen LogP contribution in [0.2, 0.25) is 5.02 Å². The minimum absolute atomic E-state index is 0.00291. The zero-order valence-corrected chi connectivity index (χ0v) is 15.6. The predicted molar refractivity (Wildman–Crippen MR) is 101 cm³/mol. The lowest BCUT2D eigenvalue weighted by molar-refractivity contribution is -0.131. The van der Waals surface area contributed by atoms with Crippen molar-refractivity contribution in [3.8, 4) is 0 Å². The molecule has 1 aliphatic rings. The second-order valence-corrected chi connectivity index (χ2v) is 7.22. The molecular formula is C18H18ClN3O3S. The quantitative estimate of drug-likeness (QED) is 0.867. The average Bonchev–Trinajstić information content (AvgIpc) is 3.20. The van der Waals surface area contributed by atoms with Gasteiger partial charge in [-0.25, -0.2) is 0 Å². The predicted octanol–water partition coefficient (Wildman–Crippen LogP) is 2.12. The molecule has 0 saturated carbocycles. The van der Waals surface area contributed by atoms with Gasteiger partial charge in [-0.2, -0.15) is 0 Å². The highest BCUT2D eigenvalue weighted by atomic mass is 35.5. The summed E-state index contributed by atoms with van der Waals surface area (Å²) in [5.41, 5.74) is 0.452. The Morgan fingerprint density at radius 2 is 1.65 bits per heavy atom. The molecule has 0 bridgehead atoms. The summed E-state index contributed by atoms with van der Waals surface area (Å²) in [6.45, 7) is 1.85. The lowest BCUT2D eigenvalue weighted by atomic mass is 10.2. The van der Waals surface area contributed by atoms with Crippen LogP contribution in [0.3, 0.4) is 0 Å². The minimum Gasteiger partial charge on any atom is -0.343 e. The van der Waals surface area contributed by atoms with Crippen LogP contribution in [-0.2, 0) is 4.79 Å². The van der Waals surface area contributed by atoms with Gasteiger partial charge in [-0.1, -0.05) is 17.7 Å². The third kappa shape index (κ3) is 4.42. The maximum Gasteiger partial charge on any atom is 0.264 e. The van der Waals surface area contributed by atoms with E-state index in [4.69, 9.17) is 11.6 Å². The van der Waals surface area contributed by atoms with Crippen LogP contribution in [0.25, 0.3) is 0 Å². The van der Waals surface area contributed by atoms with Crippen LogP contribution in [0.4, 0.5) is 0 Å². The molecule has 2 heterocycles. The molecule has 6 nitrogen and oxygen atoms in total. The van der Waals surface area contributed by atoms with Gasteiger partial charge in [0.15, 0.2) is 0 Å². The number of hydrogen-bond acceptors (Lipinski definition) is 4. The molecule has 0 aliphatic carbocycles. The molecule has 1 saturated heterocycles. The number of halogens is 1. The van der Waals surface area contributed by atoms with E-state index in [1.165, 1.54) is 11.3 Å². The van der Waals surface area contributed by atoms with Crippen molar-refractivity contribution in [3.05, 3.63) is 57.2 Å². The number of carbonyl (C=O) groups excluding carboxylic acids is 3. The van der Waals surface area contributed by atoms with E-state index in [1.54, 1.807) is 40.1 Å². The second-order valence-electron chi connectivity index (χ2n) is 5.84. The van der Waals surface area contributed by atoms with Crippen molar-refractivity contribution in [2.24, 2.45) is 0 Å². The van der Waals surface area contributed by atoms with Gasteiger partial charge in [-0.05, 0) is 35.7 Å². The molecule has 1 aromatic heterocycles. The number of nitrogens with one attached hydrogen (secondary N) is 1. The molecule has 0 radical (unpaired) electrons. The molecule has 0 spiro atoms. The Labute approximate surface area is 160 Å². The first-order valence-electron chi connectivity index (χ1n) is 8.19. The fraction of sp³-hybridized carbons (Fsp3) is 0.278. The topological polar surface area (TPSA) is 69.7 Å². The van der Waals surface area contributed by atoms with Crippen molar-refractivity contribution in [3.63, 3.8) is 0 Å². The van der Waals surface area contributed by atoms with Crippen molar-refractivity contribution >= 4 is 40.7 Å². The summed E-state index contributed by atoms with van der Waals surface area (Å²) in [4.78, 5) is 40.7. The highest BCUT2D eigenvalue weighted by molar-refractivity contribution is 7.12. The molecule has 1 N–H and O–H groups in total. The summed E-state index contributed by atoms with van der Waals surface area (Å²) in [6.07, 6.45) is 0. The van der Waals surface area contributed by atoms with Crippen molar-refractivity contribution in [2.45, 2.75) is 0 Å². The molecule has 1 aliphatic heterocycles. The Balaban J connectivity index is 1.45. The van der Waals surface area contributed by atoms with E-state index in [1.807, 2.05) is 11.4 Å². The number of hydrogen-bond donors (Lipinski definition) is 1. The Morgan fingerprint density at radius 1 is 1.00 bits per heavy atom. The van der Waals surface area contributed by atoms with Gasteiger partial charge in [0.05, 0.1) is 11.4 Å². The monoisotopic (exact) mass is 391 g/mol. The van der Waals surface area contributed by atoms with Crippen LogP contribution in [0.5, 0.6) is 0 Å². The number of piperazine rings is 1. The summed E-state index contributed by atoms with van der Waals surface area (Å²) < 4.78 is 0. The van der Waals surface area contributed by atoms with E-state index in [0.717, 1.165) is 0 Å². The molecule has 3 rings (SSSR count). The number of thiophene rings is 1. The molecule has 3 amide bonds. The van der Waals surface area contributed by atoms with Crippen LogP contribution in [0.15, 0.2) is 41.8 Å². The maximum absolute atomic E-state index is 12.3. The summed E-state index contributed by atoms with van der Waals surface area (Å²) in [5.74, 6) is -0.472. The zero-order valence-electron chi connectivity index (χ0n) is 14.0. The van der Waals surface area contributed by atoms with Crippen LogP contribution in [0.1, 0.15) is 20.0 Å². The van der Waals surface area contributed by atoms with E-state index >= 15 is 0 Å². The molecule has 8 heteroatoms. The van der Waals surface area contributed by atoms with Gasteiger partial charge in [0.1, 0.15) is 0 Å². The van der Waals surface area contributed by atoms with Gasteiger partial charge in [0.2, 0.25) is 5.91 Å². The first kappa shape index (κ1) is 18.4. The zero-order chi connectivity index (χ0) is 18.5. The maximum atomic E-state index is 12.3. The van der Waals surface area contributed by atoms with Crippen LogP contribution in [0, 0.1) is 0 Å². The van der Waals surface area contributed by atoms with Crippen molar-refractivity contribution < 1.29 is 14.4 Å². The average molecular weight is 392 g/mol. The Hall–Kier alpha value is -2.38. The molecule has 1 aromatic carbocycles. The van der Waals surface area contributed by atoms with Gasteiger partial charge < -0.3 is 15.1 Å². The standard InChI is InChI=1S/C18H18ClN3O3S/c19-14-5-3-13(4-6-14)17(24)20-12-16(23)21-7-9-22(10-8-21)18(25)15-2-1-11-26-15/h1-6,11H,7-10,12H2,(H,20,24). The van der Waals surface area contributed by atoms with Crippen LogP contribution in [-0.4, -0.2) is 60.2 Å². The van der Waals surface area contributed by atoms with Crippen LogP contribution < -0.4 is 5.32 Å². The van der Waals surface area contributed by atoms with Gasteiger partial charge in [-0.15, -0.1) is 11.3 Å². The lowest BCUT2D eigenvalue weighted by Crippen LogP contribution is -2.52. The first-order valence-corrected chi connectivity index (χ1v) is 9.44. The van der Waals surface area contributed by atoms with E-state index in [9.17, 15) is 14.4 Å². The van der Waals surface area contributed by atoms with Gasteiger partial charge in [-0.3, -0.25) is 14.4 Å². The SMILES string of the molecule is O=C(NCC(=O)N1CCN(C(=O)c2cccs2)CC1)c1ccc(Cl)cc1. The Bertz CT molecular complexity index is 785. The highest BCUT2D eigenvalue weighted by Gasteiger charge is 2.25. The molecule has 26 heavy (non-hydrogen) atoms. The molecule has 0 atom stereocenters. The number of carbonyl (C=O) groups is 3. The van der Waals surface area contributed by atoms with E-state index in [2.05, 4.69) is 5.32 Å². The van der Waals surface area contributed by atoms with E-state index < -0.39 is 0 Å². The Kier molecular flexibility index (Phi) is 5.90. The van der Waals surface area contributed by atoms with E-state index in [-0.39, 0.29) is 24.3 Å². The minimum atomic E-state index is -0.318. The number of amides is 3. The Morgan fingerprint density at radius 3 is 2.27 bits per heavy atom. The molecular weight excluding hydrogens is 374 g/mol. The number of nitrogens with zero attached hydrogens (tertiary/aromatic N) is 2. The number of rotatable bonds is 4. The number of benzene rings is 1. The summed E-state index contributed by atoms with van der Waals surface area (Å²) in [7, 11) is 0. The fourth-order valence-electron chi connectivity index (χ4n) is 2.69. The lowest BCUT2D eigenvalue weighted by Gasteiger charge is -2.34. The molecule has 1 fully saturated rings. The smallest absolute Gasteiger partial charge is 0.264 e. The molecule has 2 aromatic rings. The largest absolute Gasteiger partial charge is 0.343 e.